The molecule has 796 valence electrons. The lowest BCUT2D eigenvalue weighted by atomic mass is 9.97. The Morgan fingerprint density at radius 3 is 0.707 bits per heavy atom. The highest BCUT2D eigenvalue weighted by atomic mass is 16.8. The Morgan fingerprint density at radius 1 is 0.250 bits per heavy atom. The van der Waals surface area contributed by atoms with E-state index < -0.39 is 268 Å². The maximum atomic E-state index is 11.7. The first kappa shape index (κ1) is 137. The number of carbonyl (C=O) groups excluding carboxylic acids is 22. The predicted octanol–water partition coefficient (Wildman–Crippen LogP) is 10.3. The molecule has 140 heavy (non-hydrogen) atoms. The number of esters is 22. The first-order chi connectivity index (χ1) is 64.4. The molecule has 0 aromatic rings. The molecule has 2 N–H and O–H groups in total. The highest BCUT2D eigenvalue weighted by molar-refractivity contribution is 5.89. The van der Waals surface area contributed by atoms with E-state index in [-0.39, 0.29) is 88.2 Å². The molecule has 0 rings (SSSR count). The summed E-state index contributed by atoms with van der Waals surface area (Å²) < 4.78 is 106. The van der Waals surface area contributed by atoms with Crippen LogP contribution in [0.3, 0.4) is 0 Å². The predicted molar refractivity (Wildman–Crippen MR) is 476 cm³/mol. The van der Waals surface area contributed by atoms with Crippen molar-refractivity contribution in [3.63, 3.8) is 0 Å². The fourth-order valence-electron chi connectivity index (χ4n) is 7.61. The largest absolute Gasteiger partial charge is 0.481 e. The second kappa shape index (κ2) is 73.4. The maximum Gasteiger partial charge on any atom is 0.336 e. The van der Waals surface area contributed by atoms with Crippen LogP contribution in [0.15, 0.2) is 49.6 Å². The van der Waals surface area contributed by atoms with Crippen molar-refractivity contribution in [1.82, 2.24) is 0 Å². The summed E-state index contributed by atoms with van der Waals surface area (Å²) in [5, 5.41) is 17.0. The van der Waals surface area contributed by atoms with Gasteiger partial charge in [-0.15, -0.1) is 0 Å². The van der Waals surface area contributed by atoms with Gasteiger partial charge in [0.1, 0.15) is 0 Å². The van der Waals surface area contributed by atoms with E-state index in [0.29, 0.717) is 25.7 Å². The van der Waals surface area contributed by atoms with Crippen LogP contribution < -0.4 is 0 Å². The topological polar surface area (TPSA) is 653 Å². The second-order valence-corrected chi connectivity index (χ2v) is 33.4. The molecule has 0 spiro atoms. The Balaban J connectivity index is -0.000000385. The van der Waals surface area contributed by atoms with Crippen LogP contribution >= 0.6 is 0 Å². The molecule has 0 radical (unpaired) electrons. The smallest absolute Gasteiger partial charge is 0.336 e. The molecule has 0 aliphatic carbocycles. The molecule has 6 unspecified atom stereocenters. The first-order valence-electron chi connectivity index (χ1n) is 43.5. The minimum atomic E-state index is -1.90. The van der Waals surface area contributed by atoms with Gasteiger partial charge in [0, 0.05) is 90.5 Å². The number of aliphatic carboxylic acids is 2. The summed E-state index contributed by atoms with van der Waals surface area (Å²) in [6.07, 6.45) is -2.52. The summed E-state index contributed by atoms with van der Waals surface area (Å²) in [4.78, 5) is 271. The number of carboxylic acid groups (broad SMARTS) is 2. The van der Waals surface area contributed by atoms with Crippen molar-refractivity contribution in [2.75, 3.05) is 40.4 Å². The summed E-state index contributed by atoms with van der Waals surface area (Å²) >= 11 is 0. The number of carboxylic acids is 2. The molecule has 0 aliphatic heterocycles. The lowest BCUT2D eigenvalue weighted by molar-refractivity contribution is -0.235. The third-order valence-corrected chi connectivity index (χ3v) is 14.8. The molecule has 0 aromatic carbocycles. The number of hydrogen-bond acceptors (Lipinski definition) is 46. The highest BCUT2D eigenvalue weighted by Gasteiger charge is 2.38. The van der Waals surface area contributed by atoms with Crippen molar-refractivity contribution in [3.05, 3.63) is 49.6 Å². The number of ether oxygens (including phenoxy) is 22. The van der Waals surface area contributed by atoms with E-state index in [1.807, 2.05) is 27.7 Å². The Kier molecular flexibility index (Phi) is 71.8. The molecule has 0 saturated heterocycles. The fourth-order valence-corrected chi connectivity index (χ4v) is 7.61. The lowest BCUT2D eigenvalue weighted by Crippen LogP contribution is -2.42. The van der Waals surface area contributed by atoms with E-state index in [1.165, 1.54) is 55.4 Å². The molecule has 0 aromatic heterocycles. The van der Waals surface area contributed by atoms with E-state index in [4.69, 9.17) is 86.0 Å². The normalized spacial score (nSPS) is 12.2. The van der Waals surface area contributed by atoms with Gasteiger partial charge in [0.05, 0.1) is 98.7 Å². The summed E-state index contributed by atoms with van der Waals surface area (Å²) in [6.45, 7) is 48.2. The van der Waals surface area contributed by atoms with Gasteiger partial charge in [-0.25, -0.2) is 19.2 Å². The van der Waals surface area contributed by atoms with Crippen LogP contribution in [0.2, 0.25) is 0 Å². The van der Waals surface area contributed by atoms with Crippen molar-refractivity contribution in [2.45, 2.75) is 331 Å². The molecule has 0 aliphatic rings. The van der Waals surface area contributed by atoms with E-state index in [0.717, 1.165) is 12.2 Å². The highest BCUT2D eigenvalue weighted by Crippen LogP contribution is 2.23. The Labute approximate surface area is 812 Å². The standard InChI is InChI=1S/C18H30O8.2C16H26O8.2C14H18O8.C14H22O8/c1-11(25-15(21)17(3,4)5)23-13(19)9-10-14(20)24-12(2)26-16(22)18(6,7)8;1-15(2,3)13(19)23-9-21-11(17)7-8-12(18)22-10-24-14(20)16(4,5)6;1-5-7-13(17)21-11(3)23-15(19)9-10-16(20)24-12(4)22-14(18)8-6-2;1-5-11(17)21-14(4,8-20-13(19)9(2)3)22-12(18)7-6-10(15)16;1-5-11(17)20-8-14(4,22-13(19)9(2)3)21-12(18)7-6-10(15)16;1-3-5-11(15)19-9-21-13(17)7-8-14(18)22-10-20-12(16)6-4-2/h11-12H,9-10H2,1-8H3;7-10H2,1-6H3;11-12H,5-10H2,1-4H3;2*5H,1-2,6-8H2,3-4H3,(H,15,16);3-10H2,1-2H3. The van der Waals surface area contributed by atoms with Gasteiger partial charge in [0.15, 0.2) is 13.2 Å². The van der Waals surface area contributed by atoms with Gasteiger partial charge in [-0.2, -0.15) is 0 Å². The SMILES string of the molecule is C=CC(=O)OC(C)(COC(=O)C(=C)C)OC(=O)CCC(=O)O.C=CC(=O)OCC(C)(OC(=O)CCC(=O)O)OC(=O)C(=C)C.CC(C)(C)C(=O)OCOC(=O)CCC(=O)OCOC(=O)C(C)(C)C.CC(OC(=O)CCC(=O)OC(C)OC(=O)C(C)(C)C)OC(=O)C(C)(C)C.CCCC(=O)OC(C)OC(=O)CCC(=O)OC(C)OC(=O)CCC.CCCC(=O)OCOC(=O)CCC(=O)OCOC(=O)CCC. The summed E-state index contributed by atoms with van der Waals surface area (Å²) in [5.41, 5.74) is -2.67. The zero-order valence-electron chi connectivity index (χ0n) is 84.4. The molecule has 0 bridgehead atoms. The van der Waals surface area contributed by atoms with Crippen molar-refractivity contribution < 1.29 is 229 Å². The van der Waals surface area contributed by atoms with E-state index in [2.05, 4.69) is 54.7 Å². The van der Waals surface area contributed by atoms with E-state index in [1.54, 1.807) is 83.1 Å². The summed E-state index contributed by atoms with van der Waals surface area (Å²) in [5.74, 6) is -20.8. The third-order valence-electron chi connectivity index (χ3n) is 14.8. The van der Waals surface area contributed by atoms with Crippen molar-refractivity contribution in [1.29, 1.82) is 0 Å². The minimum absolute atomic E-state index is 0.0443. The number of carbonyl (C=O) groups is 24. The Morgan fingerprint density at radius 2 is 0.464 bits per heavy atom. The van der Waals surface area contributed by atoms with Gasteiger partial charge in [-0.05, 0) is 123 Å². The van der Waals surface area contributed by atoms with Crippen LogP contribution in [0.1, 0.15) is 295 Å². The van der Waals surface area contributed by atoms with Gasteiger partial charge >= 0.3 is 143 Å². The Hall–Kier alpha value is -13.8. The van der Waals surface area contributed by atoms with Gasteiger partial charge in [-0.3, -0.25) is 95.9 Å². The molecule has 0 fully saturated rings. The maximum absolute atomic E-state index is 11.7. The van der Waals surface area contributed by atoms with E-state index in [9.17, 15) is 115 Å². The monoisotopic (exact) mass is 2010 g/mol. The van der Waals surface area contributed by atoms with Crippen LogP contribution in [-0.4, -0.2) is 231 Å². The van der Waals surface area contributed by atoms with Gasteiger partial charge < -0.3 is 114 Å². The third kappa shape index (κ3) is 81.4. The van der Waals surface area contributed by atoms with Gasteiger partial charge in [0.2, 0.25) is 52.3 Å². The molecule has 48 nitrogen and oxygen atoms in total. The molecule has 6 atom stereocenters. The van der Waals surface area contributed by atoms with Crippen LogP contribution in [0.4, 0.5) is 0 Å². The zero-order valence-corrected chi connectivity index (χ0v) is 84.4. The lowest BCUT2D eigenvalue weighted by Gasteiger charge is -2.28. The Bertz CT molecular complexity index is 3950. The quantitative estimate of drug-likeness (QED) is 0.0247. The molecule has 0 amide bonds. The molecule has 0 heterocycles. The zero-order chi connectivity index (χ0) is 110. The summed E-state index contributed by atoms with van der Waals surface area (Å²) in [7, 11) is 0. The first-order valence-corrected chi connectivity index (χ1v) is 43.5. The second-order valence-electron chi connectivity index (χ2n) is 33.4. The minimum Gasteiger partial charge on any atom is -0.481 e. The molecular weight excluding hydrogens is 1870 g/mol. The van der Waals surface area contributed by atoms with Crippen LogP contribution in [0.5, 0.6) is 0 Å². The van der Waals surface area contributed by atoms with E-state index >= 15 is 0 Å². The van der Waals surface area contributed by atoms with Crippen molar-refractivity contribution >= 4 is 143 Å². The number of hydrogen-bond donors (Lipinski definition) is 2. The van der Waals surface area contributed by atoms with Crippen molar-refractivity contribution in [3.8, 4) is 0 Å². The van der Waals surface area contributed by atoms with Crippen LogP contribution in [0.25, 0.3) is 0 Å². The van der Waals surface area contributed by atoms with Gasteiger partial charge in [0.25, 0.3) is 11.6 Å². The molecule has 0 saturated carbocycles. The summed E-state index contributed by atoms with van der Waals surface area (Å²) in [6, 6.07) is 0. The van der Waals surface area contributed by atoms with Crippen LogP contribution in [-0.2, 0) is 219 Å². The average molecular weight is 2010 g/mol. The van der Waals surface area contributed by atoms with Crippen molar-refractivity contribution in [2.24, 2.45) is 21.7 Å². The molecule has 48 heteroatoms. The fraction of sp³-hybridized carbons (Fsp3) is 0.652. The molecular formula is C92H140O48. The number of rotatable bonds is 54. The van der Waals surface area contributed by atoms with Crippen LogP contribution in [0, 0.1) is 21.7 Å². The average Bonchev–Trinajstić information content (AvgIpc) is 0.868. The van der Waals surface area contributed by atoms with Gasteiger partial charge in [-0.1, -0.05) is 54.0 Å².